The van der Waals surface area contributed by atoms with Gasteiger partial charge in [0.05, 0.1) is 11.3 Å². The second kappa shape index (κ2) is 5.58. The third-order valence-electron chi connectivity index (χ3n) is 4.03. The van der Waals surface area contributed by atoms with Crippen molar-refractivity contribution in [2.75, 3.05) is 0 Å². The third-order valence-corrected chi connectivity index (χ3v) is 4.03. The predicted octanol–water partition coefficient (Wildman–Crippen LogP) is 5.07. The molecular formula is C21H15NO. The molecule has 4 rings (SSSR count). The quantitative estimate of drug-likeness (QED) is 0.526. The second-order valence-electron chi connectivity index (χ2n) is 5.48. The van der Waals surface area contributed by atoms with Gasteiger partial charge in [0.2, 0.25) is 0 Å². The Morgan fingerprint density at radius 2 is 1.30 bits per heavy atom. The molecule has 0 bridgehead atoms. The fourth-order valence-electron chi connectivity index (χ4n) is 2.93. The number of para-hydroxylation sites is 1. The van der Waals surface area contributed by atoms with E-state index in [2.05, 4.69) is 4.98 Å². The summed E-state index contributed by atoms with van der Waals surface area (Å²) in [5.41, 5.74) is 4.31. The Balaban J connectivity index is 1.99. The Kier molecular flexibility index (Phi) is 3.28. The van der Waals surface area contributed by atoms with Gasteiger partial charge in [0.1, 0.15) is 0 Å². The number of ketones is 1. The number of carbonyl (C=O) groups is 1. The lowest BCUT2D eigenvalue weighted by atomic mass is 9.97. The van der Waals surface area contributed by atoms with Gasteiger partial charge in [-0.1, -0.05) is 78.9 Å². The lowest BCUT2D eigenvalue weighted by Crippen LogP contribution is -2.02. The third kappa shape index (κ3) is 2.34. The largest absolute Gasteiger partial charge is 0.354 e. The van der Waals surface area contributed by atoms with E-state index in [4.69, 9.17) is 0 Å². The molecule has 2 heteroatoms. The van der Waals surface area contributed by atoms with Crippen LogP contribution < -0.4 is 0 Å². The molecule has 0 aliphatic heterocycles. The zero-order valence-electron chi connectivity index (χ0n) is 12.5. The van der Waals surface area contributed by atoms with Gasteiger partial charge in [0, 0.05) is 16.5 Å². The fraction of sp³-hybridized carbons (Fsp3) is 0. The maximum atomic E-state index is 13.1. The summed E-state index contributed by atoms with van der Waals surface area (Å²) in [5, 5.41) is 0.959. The molecule has 0 spiro atoms. The highest BCUT2D eigenvalue weighted by Crippen LogP contribution is 2.32. The molecule has 1 aromatic heterocycles. The summed E-state index contributed by atoms with van der Waals surface area (Å²) >= 11 is 0. The SMILES string of the molecule is O=C(c1ccccc1)c1c(-c2ccccc2)[nH]c2ccccc12. The number of aromatic nitrogens is 1. The molecule has 110 valence electrons. The number of rotatable bonds is 3. The minimum Gasteiger partial charge on any atom is -0.354 e. The summed E-state index contributed by atoms with van der Waals surface area (Å²) in [6, 6.07) is 27.4. The van der Waals surface area contributed by atoms with Crippen molar-refractivity contribution in [3.63, 3.8) is 0 Å². The average Bonchev–Trinajstić information content (AvgIpc) is 3.02. The summed E-state index contributed by atoms with van der Waals surface area (Å²) in [6.07, 6.45) is 0. The van der Waals surface area contributed by atoms with Gasteiger partial charge in [-0.15, -0.1) is 0 Å². The van der Waals surface area contributed by atoms with Crippen molar-refractivity contribution >= 4 is 16.7 Å². The minimum atomic E-state index is 0.0434. The van der Waals surface area contributed by atoms with E-state index in [9.17, 15) is 4.79 Å². The lowest BCUT2D eigenvalue weighted by Gasteiger charge is -2.05. The molecule has 0 fully saturated rings. The number of hydrogen-bond acceptors (Lipinski definition) is 1. The van der Waals surface area contributed by atoms with Crippen LogP contribution in [0, 0.1) is 0 Å². The number of hydrogen-bond donors (Lipinski definition) is 1. The first-order chi connectivity index (χ1) is 11.3. The van der Waals surface area contributed by atoms with Crippen molar-refractivity contribution in [3.8, 4) is 11.3 Å². The van der Waals surface area contributed by atoms with Crippen molar-refractivity contribution in [2.45, 2.75) is 0 Å². The van der Waals surface area contributed by atoms with Crippen molar-refractivity contribution in [2.24, 2.45) is 0 Å². The van der Waals surface area contributed by atoms with E-state index < -0.39 is 0 Å². The van der Waals surface area contributed by atoms with Gasteiger partial charge < -0.3 is 4.98 Å². The molecule has 0 aliphatic rings. The van der Waals surface area contributed by atoms with Gasteiger partial charge in [0.25, 0.3) is 0 Å². The Hall–Kier alpha value is -3.13. The Bertz CT molecular complexity index is 969. The molecule has 4 aromatic rings. The number of fused-ring (bicyclic) bond motifs is 1. The van der Waals surface area contributed by atoms with Crippen molar-refractivity contribution in [3.05, 3.63) is 96.1 Å². The summed E-state index contributed by atoms with van der Waals surface area (Å²) < 4.78 is 0. The van der Waals surface area contributed by atoms with Gasteiger partial charge in [-0.3, -0.25) is 4.79 Å². The number of aromatic amines is 1. The minimum absolute atomic E-state index is 0.0434. The standard InChI is InChI=1S/C21H15NO/c23-21(16-11-5-2-6-12-16)19-17-13-7-8-14-18(17)22-20(19)15-9-3-1-4-10-15/h1-14,22H. The summed E-state index contributed by atoms with van der Waals surface area (Å²) in [5.74, 6) is 0.0434. The van der Waals surface area contributed by atoms with E-state index in [0.717, 1.165) is 27.7 Å². The van der Waals surface area contributed by atoms with Crippen LogP contribution in [0.4, 0.5) is 0 Å². The molecule has 2 nitrogen and oxygen atoms in total. The Labute approximate surface area is 134 Å². The summed E-state index contributed by atoms with van der Waals surface area (Å²) in [7, 11) is 0. The van der Waals surface area contributed by atoms with Gasteiger partial charge in [-0.25, -0.2) is 0 Å². The van der Waals surface area contributed by atoms with E-state index >= 15 is 0 Å². The van der Waals surface area contributed by atoms with Crippen molar-refractivity contribution in [1.29, 1.82) is 0 Å². The molecule has 0 saturated carbocycles. The van der Waals surface area contributed by atoms with E-state index in [1.165, 1.54) is 0 Å². The van der Waals surface area contributed by atoms with Crippen LogP contribution in [0.15, 0.2) is 84.9 Å². The van der Waals surface area contributed by atoms with Crippen LogP contribution in [0.3, 0.4) is 0 Å². The first-order valence-corrected chi connectivity index (χ1v) is 7.60. The Morgan fingerprint density at radius 1 is 0.696 bits per heavy atom. The molecule has 0 unspecified atom stereocenters. The number of carbonyl (C=O) groups excluding carboxylic acids is 1. The van der Waals surface area contributed by atoms with E-state index in [1.54, 1.807) is 0 Å². The number of H-pyrrole nitrogens is 1. The highest BCUT2D eigenvalue weighted by Gasteiger charge is 2.20. The van der Waals surface area contributed by atoms with E-state index in [0.29, 0.717) is 5.56 Å². The zero-order valence-corrected chi connectivity index (χ0v) is 12.5. The van der Waals surface area contributed by atoms with E-state index in [-0.39, 0.29) is 5.78 Å². The number of benzene rings is 3. The molecule has 3 aromatic carbocycles. The van der Waals surface area contributed by atoms with Crippen LogP contribution in [0.1, 0.15) is 15.9 Å². The molecule has 0 aliphatic carbocycles. The van der Waals surface area contributed by atoms with Crippen LogP contribution in [0.2, 0.25) is 0 Å². The monoisotopic (exact) mass is 297 g/mol. The molecule has 1 heterocycles. The zero-order chi connectivity index (χ0) is 15.6. The van der Waals surface area contributed by atoms with Crippen LogP contribution in [0.25, 0.3) is 22.2 Å². The molecule has 1 N–H and O–H groups in total. The molecule has 0 saturated heterocycles. The Morgan fingerprint density at radius 3 is 2.04 bits per heavy atom. The summed E-state index contributed by atoms with van der Waals surface area (Å²) in [6.45, 7) is 0. The second-order valence-corrected chi connectivity index (χ2v) is 5.48. The fourth-order valence-corrected chi connectivity index (χ4v) is 2.93. The first kappa shape index (κ1) is 13.5. The highest BCUT2D eigenvalue weighted by atomic mass is 16.1. The molecular weight excluding hydrogens is 282 g/mol. The molecule has 0 radical (unpaired) electrons. The van der Waals surface area contributed by atoms with Gasteiger partial charge in [-0.05, 0) is 11.6 Å². The van der Waals surface area contributed by atoms with E-state index in [1.807, 2.05) is 84.9 Å². The van der Waals surface area contributed by atoms with Crippen LogP contribution in [-0.4, -0.2) is 10.8 Å². The van der Waals surface area contributed by atoms with Crippen LogP contribution in [-0.2, 0) is 0 Å². The average molecular weight is 297 g/mol. The summed E-state index contributed by atoms with van der Waals surface area (Å²) in [4.78, 5) is 16.5. The van der Waals surface area contributed by atoms with Crippen LogP contribution in [0.5, 0.6) is 0 Å². The first-order valence-electron chi connectivity index (χ1n) is 7.60. The van der Waals surface area contributed by atoms with Crippen molar-refractivity contribution in [1.82, 2.24) is 4.98 Å². The van der Waals surface area contributed by atoms with Crippen LogP contribution >= 0.6 is 0 Å². The molecule has 0 amide bonds. The normalized spacial score (nSPS) is 10.8. The molecule has 0 atom stereocenters. The number of nitrogens with one attached hydrogen (secondary N) is 1. The van der Waals surface area contributed by atoms with Gasteiger partial charge in [0.15, 0.2) is 5.78 Å². The predicted molar refractivity (Wildman–Crippen MR) is 93.6 cm³/mol. The molecule has 23 heavy (non-hydrogen) atoms. The van der Waals surface area contributed by atoms with Gasteiger partial charge in [-0.2, -0.15) is 0 Å². The van der Waals surface area contributed by atoms with Crippen molar-refractivity contribution < 1.29 is 4.79 Å². The highest BCUT2D eigenvalue weighted by molar-refractivity contribution is 6.20. The smallest absolute Gasteiger partial charge is 0.195 e. The lowest BCUT2D eigenvalue weighted by molar-refractivity contribution is 0.104. The maximum Gasteiger partial charge on any atom is 0.195 e. The van der Waals surface area contributed by atoms with Gasteiger partial charge >= 0.3 is 0 Å². The topological polar surface area (TPSA) is 32.9 Å². The maximum absolute atomic E-state index is 13.1.